The van der Waals surface area contributed by atoms with Crippen LogP contribution in [0.1, 0.15) is 61.4 Å². The Morgan fingerprint density at radius 3 is 2.53 bits per heavy atom. The Hall–Kier alpha value is -3.32. The number of aryl methyl sites for hydroxylation is 4. The molecule has 0 bridgehead atoms. The van der Waals surface area contributed by atoms with Gasteiger partial charge in [0, 0.05) is 23.1 Å². The molecule has 1 aromatic carbocycles. The van der Waals surface area contributed by atoms with Gasteiger partial charge in [-0.25, -0.2) is 9.78 Å². The molecule has 0 saturated heterocycles. The molecule has 1 N–H and O–H groups in total. The lowest BCUT2D eigenvalue weighted by Gasteiger charge is -2.33. The molecular formula is C29H37N3O4. The molecule has 2 aromatic heterocycles. The first-order valence-corrected chi connectivity index (χ1v) is 12.5. The summed E-state index contributed by atoms with van der Waals surface area (Å²) in [4.78, 5) is 19.2. The number of aliphatic hydroxyl groups excluding tert-OH is 1. The van der Waals surface area contributed by atoms with Gasteiger partial charge in [0.25, 0.3) is 0 Å². The first-order valence-electron chi connectivity index (χ1n) is 12.5. The highest BCUT2D eigenvalue weighted by Crippen LogP contribution is 2.29. The summed E-state index contributed by atoms with van der Waals surface area (Å²) in [5.41, 5.74) is 4.57. The highest BCUT2D eigenvalue weighted by Gasteiger charge is 2.29. The Morgan fingerprint density at radius 2 is 1.89 bits per heavy atom. The summed E-state index contributed by atoms with van der Waals surface area (Å²) in [7, 11) is 0. The van der Waals surface area contributed by atoms with E-state index in [9.17, 15) is 9.90 Å². The van der Waals surface area contributed by atoms with Crippen molar-refractivity contribution in [1.29, 1.82) is 0 Å². The molecular weight excluding hydrogens is 454 g/mol. The Balaban J connectivity index is 1.49. The van der Waals surface area contributed by atoms with E-state index in [4.69, 9.17) is 9.47 Å². The molecule has 2 atom stereocenters. The molecule has 1 amide bonds. The number of carbonyl (C=O) groups is 1. The van der Waals surface area contributed by atoms with Crippen molar-refractivity contribution in [2.75, 3.05) is 13.1 Å². The number of aliphatic hydroxyl groups is 1. The highest BCUT2D eigenvalue weighted by atomic mass is 16.6. The fraction of sp³-hybridized carbons (Fsp3) is 0.448. The molecule has 2 unspecified atom stereocenters. The maximum atomic E-state index is 13.1. The van der Waals surface area contributed by atoms with Crippen LogP contribution >= 0.6 is 0 Å². The van der Waals surface area contributed by atoms with Gasteiger partial charge in [0.2, 0.25) is 0 Å². The predicted octanol–water partition coefficient (Wildman–Crippen LogP) is 5.46. The Bertz CT molecular complexity index is 1190. The molecule has 192 valence electrons. The van der Waals surface area contributed by atoms with Crippen LogP contribution in [0.3, 0.4) is 0 Å². The predicted molar refractivity (Wildman–Crippen MR) is 140 cm³/mol. The summed E-state index contributed by atoms with van der Waals surface area (Å²) in [6.45, 7) is 12.0. The van der Waals surface area contributed by atoms with Crippen molar-refractivity contribution in [2.45, 2.75) is 72.2 Å². The Labute approximate surface area is 213 Å². The van der Waals surface area contributed by atoms with Gasteiger partial charge in [0.15, 0.2) is 0 Å². The van der Waals surface area contributed by atoms with Gasteiger partial charge in [-0.2, -0.15) is 0 Å². The zero-order chi connectivity index (χ0) is 26.0. The van der Waals surface area contributed by atoms with Crippen LogP contribution in [0.4, 0.5) is 4.79 Å². The summed E-state index contributed by atoms with van der Waals surface area (Å²) in [6.07, 6.45) is 1.78. The van der Waals surface area contributed by atoms with E-state index in [0.29, 0.717) is 12.1 Å². The Morgan fingerprint density at radius 1 is 1.17 bits per heavy atom. The van der Waals surface area contributed by atoms with E-state index in [0.717, 1.165) is 35.8 Å². The van der Waals surface area contributed by atoms with Crippen LogP contribution in [-0.4, -0.2) is 50.4 Å². The van der Waals surface area contributed by atoms with Crippen molar-refractivity contribution in [1.82, 2.24) is 14.5 Å². The fourth-order valence-corrected chi connectivity index (χ4v) is 4.57. The monoisotopic (exact) mass is 491 g/mol. The lowest BCUT2D eigenvalue weighted by Crippen LogP contribution is -2.45. The van der Waals surface area contributed by atoms with E-state index in [1.807, 2.05) is 71.0 Å². The van der Waals surface area contributed by atoms with Crippen molar-refractivity contribution in [2.24, 2.45) is 0 Å². The van der Waals surface area contributed by atoms with Crippen molar-refractivity contribution < 1.29 is 19.4 Å². The molecule has 3 heterocycles. The van der Waals surface area contributed by atoms with Crippen LogP contribution in [0.2, 0.25) is 0 Å². The molecule has 0 aliphatic carbocycles. The summed E-state index contributed by atoms with van der Waals surface area (Å²) >= 11 is 0. The SMILES string of the molecule is Cc1ccc2c(c1)CCC(CN(CC(O)c1ccc(-n3c(C)ccc3C)nc1)C(=O)OC(C)(C)C)O2. The molecule has 0 fully saturated rings. The van der Waals surface area contributed by atoms with Gasteiger partial charge in [-0.1, -0.05) is 23.8 Å². The number of nitrogens with zero attached hydrogens (tertiary/aromatic N) is 3. The summed E-state index contributed by atoms with van der Waals surface area (Å²) < 4.78 is 13.9. The molecule has 3 aromatic rings. The quantitative estimate of drug-likeness (QED) is 0.495. The number of ether oxygens (including phenoxy) is 2. The zero-order valence-corrected chi connectivity index (χ0v) is 22.1. The first kappa shape index (κ1) is 25.8. The van der Waals surface area contributed by atoms with Gasteiger partial charge >= 0.3 is 6.09 Å². The number of benzene rings is 1. The standard InChI is InChI=1S/C29H37N3O4/c1-19-7-13-26-22(15-19)10-12-24(35-26)17-31(28(34)36-29(4,5)6)18-25(33)23-11-14-27(30-16-23)32-20(2)8-9-21(32)3/h7-9,11,13-16,24-25,33H,10,12,17-18H2,1-6H3. The van der Waals surface area contributed by atoms with Gasteiger partial charge in [0.05, 0.1) is 19.2 Å². The molecule has 1 aliphatic rings. The first-order chi connectivity index (χ1) is 17.0. The summed E-state index contributed by atoms with van der Waals surface area (Å²) in [5.74, 6) is 1.65. The molecule has 7 heteroatoms. The largest absolute Gasteiger partial charge is 0.488 e. The lowest BCUT2D eigenvalue weighted by atomic mass is 10.00. The number of pyridine rings is 1. The lowest BCUT2D eigenvalue weighted by molar-refractivity contribution is 0.00365. The molecule has 36 heavy (non-hydrogen) atoms. The molecule has 1 aliphatic heterocycles. The van der Waals surface area contributed by atoms with Gasteiger partial charge in [-0.15, -0.1) is 0 Å². The molecule has 0 saturated carbocycles. The average molecular weight is 492 g/mol. The second-order valence-corrected chi connectivity index (χ2v) is 10.7. The van der Waals surface area contributed by atoms with Crippen LogP contribution in [0, 0.1) is 20.8 Å². The van der Waals surface area contributed by atoms with Crippen molar-refractivity contribution in [3.8, 4) is 11.6 Å². The number of hydrogen-bond donors (Lipinski definition) is 1. The van der Waals surface area contributed by atoms with Crippen molar-refractivity contribution in [3.63, 3.8) is 0 Å². The number of rotatable bonds is 6. The third-order valence-corrected chi connectivity index (χ3v) is 6.37. The van der Waals surface area contributed by atoms with Gasteiger partial charge in [-0.05, 0) is 84.2 Å². The number of aromatic nitrogens is 2. The van der Waals surface area contributed by atoms with Crippen molar-refractivity contribution >= 4 is 6.09 Å². The average Bonchev–Trinajstić information content (AvgIpc) is 3.15. The minimum atomic E-state index is -0.913. The Kier molecular flexibility index (Phi) is 7.41. The highest BCUT2D eigenvalue weighted by molar-refractivity contribution is 5.68. The van der Waals surface area contributed by atoms with Crippen LogP contribution in [0.25, 0.3) is 5.82 Å². The molecule has 0 spiro atoms. The third kappa shape index (κ3) is 6.08. The molecule has 0 radical (unpaired) electrons. The van der Waals surface area contributed by atoms with E-state index >= 15 is 0 Å². The number of amides is 1. The molecule has 7 nitrogen and oxygen atoms in total. The van der Waals surface area contributed by atoms with Gasteiger partial charge in [-0.3, -0.25) is 0 Å². The van der Waals surface area contributed by atoms with Gasteiger partial charge in [0.1, 0.15) is 23.3 Å². The maximum Gasteiger partial charge on any atom is 0.410 e. The zero-order valence-electron chi connectivity index (χ0n) is 22.1. The number of fused-ring (bicyclic) bond motifs is 1. The van der Waals surface area contributed by atoms with Crippen LogP contribution < -0.4 is 4.74 Å². The van der Waals surface area contributed by atoms with E-state index in [1.165, 1.54) is 11.1 Å². The van der Waals surface area contributed by atoms with E-state index in [-0.39, 0.29) is 12.6 Å². The van der Waals surface area contributed by atoms with Crippen LogP contribution in [0.5, 0.6) is 5.75 Å². The minimum Gasteiger partial charge on any atom is -0.488 e. The smallest absolute Gasteiger partial charge is 0.410 e. The third-order valence-electron chi connectivity index (χ3n) is 6.37. The van der Waals surface area contributed by atoms with E-state index in [2.05, 4.69) is 22.5 Å². The van der Waals surface area contributed by atoms with E-state index in [1.54, 1.807) is 11.1 Å². The van der Waals surface area contributed by atoms with Crippen molar-refractivity contribution in [3.05, 3.63) is 76.7 Å². The summed E-state index contributed by atoms with van der Waals surface area (Å²) in [5, 5.41) is 11.0. The van der Waals surface area contributed by atoms with Gasteiger partial charge < -0.3 is 24.0 Å². The maximum absolute atomic E-state index is 13.1. The fourth-order valence-electron chi connectivity index (χ4n) is 4.57. The topological polar surface area (TPSA) is 76.8 Å². The van der Waals surface area contributed by atoms with E-state index < -0.39 is 17.8 Å². The number of carbonyl (C=O) groups excluding carboxylic acids is 1. The normalized spacial score (nSPS) is 16.1. The van der Waals surface area contributed by atoms with Crippen LogP contribution in [0.15, 0.2) is 48.7 Å². The molecule has 4 rings (SSSR count). The summed E-state index contributed by atoms with van der Waals surface area (Å²) in [6, 6.07) is 14.0. The second kappa shape index (κ2) is 10.3. The van der Waals surface area contributed by atoms with Crippen LogP contribution in [-0.2, 0) is 11.2 Å². The second-order valence-electron chi connectivity index (χ2n) is 10.7. The minimum absolute atomic E-state index is 0.0815. The number of hydrogen-bond acceptors (Lipinski definition) is 5.